The van der Waals surface area contributed by atoms with Gasteiger partial charge in [-0.25, -0.2) is 4.79 Å². The monoisotopic (exact) mass is 355 g/mol. The summed E-state index contributed by atoms with van der Waals surface area (Å²) in [6, 6.07) is 17.6. The predicted octanol–water partition coefficient (Wildman–Crippen LogP) is -0.0766. The Hall–Kier alpha value is -1.36. The Kier molecular flexibility index (Phi) is 6.43. The number of methoxy groups -OCH3 is 1. The van der Waals surface area contributed by atoms with Crippen molar-refractivity contribution in [3.63, 3.8) is 0 Å². The van der Waals surface area contributed by atoms with E-state index in [4.69, 9.17) is 0 Å². The second-order valence-electron chi connectivity index (χ2n) is 3.67. The number of carbonyl (C=O) groups excluding carboxylic acids is 1. The van der Waals surface area contributed by atoms with Gasteiger partial charge < -0.3 is 4.74 Å². The highest BCUT2D eigenvalue weighted by Crippen LogP contribution is 1.99. The first-order valence-electron chi connectivity index (χ1n) is 5.50. The standard InChI is InChI=1S/C8H8IO2.C7H8/c1-11-8(10)6-3-2-4-7(9)5-6;1-7-5-3-2-4-6-7/h2-5,9H,1H3;2-6H,1H3/q+1;. The molecule has 94 valence electrons. The molecule has 0 spiro atoms. The zero-order valence-electron chi connectivity index (χ0n) is 10.4. The lowest BCUT2D eigenvalue weighted by molar-refractivity contribution is -0.328. The minimum atomic E-state index is -0.282. The van der Waals surface area contributed by atoms with Crippen molar-refractivity contribution in [3.8, 4) is 0 Å². The molecule has 0 aromatic heterocycles. The summed E-state index contributed by atoms with van der Waals surface area (Å²) in [5, 5.41) is 0. The number of hydrogen-bond acceptors (Lipinski definition) is 2. The van der Waals surface area contributed by atoms with Crippen LogP contribution in [-0.4, -0.2) is 13.1 Å². The van der Waals surface area contributed by atoms with Crippen molar-refractivity contribution in [2.45, 2.75) is 6.92 Å². The fraction of sp³-hybridized carbons (Fsp3) is 0.133. The van der Waals surface area contributed by atoms with Gasteiger partial charge in [0.1, 0.15) is 0 Å². The van der Waals surface area contributed by atoms with Gasteiger partial charge in [-0.3, -0.25) is 0 Å². The van der Waals surface area contributed by atoms with Gasteiger partial charge in [0.15, 0.2) is 3.57 Å². The van der Waals surface area contributed by atoms with Gasteiger partial charge in [-0.15, -0.1) is 0 Å². The van der Waals surface area contributed by atoms with E-state index in [-0.39, 0.29) is 5.97 Å². The number of benzene rings is 2. The molecule has 0 aliphatic rings. The fourth-order valence-electron chi connectivity index (χ4n) is 1.28. The number of ether oxygens (including phenoxy) is 1. The highest BCUT2D eigenvalue weighted by molar-refractivity contribution is 5.89. The summed E-state index contributed by atoms with van der Waals surface area (Å²) in [5.74, 6) is -0.282. The molecular formula is C15H16IO2+. The molecular weight excluding hydrogens is 339 g/mol. The van der Waals surface area contributed by atoms with E-state index in [0.29, 0.717) is 5.56 Å². The van der Waals surface area contributed by atoms with Gasteiger partial charge in [0.2, 0.25) is 0 Å². The van der Waals surface area contributed by atoms with Crippen molar-refractivity contribution in [3.05, 3.63) is 69.3 Å². The van der Waals surface area contributed by atoms with Crippen LogP contribution >= 0.6 is 0 Å². The lowest BCUT2D eigenvalue weighted by Gasteiger charge is -1.95. The first kappa shape index (κ1) is 14.7. The van der Waals surface area contributed by atoms with Crippen molar-refractivity contribution >= 4 is 5.97 Å². The molecule has 0 amide bonds. The number of rotatable bonds is 1. The lowest BCUT2D eigenvalue weighted by Crippen LogP contribution is -3.34. The normalized spacial score (nSPS) is 9.06. The molecule has 0 atom stereocenters. The average molecular weight is 355 g/mol. The molecule has 0 saturated heterocycles. The molecule has 18 heavy (non-hydrogen) atoms. The molecule has 0 fully saturated rings. The molecule has 0 aliphatic carbocycles. The maximum absolute atomic E-state index is 10.9. The summed E-state index contributed by atoms with van der Waals surface area (Å²) in [6.07, 6.45) is 0. The third-order valence-electron chi connectivity index (χ3n) is 2.20. The maximum Gasteiger partial charge on any atom is 0.338 e. The average Bonchev–Trinajstić information content (AvgIpc) is 2.39. The van der Waals surface area contributed by atoms with Crippen LogP contribution in [-0.2, 0) is 4.74 Å². The maximum atomic E-state index is 10.9. The zero-order valence-corrected chi connectivity index (χ0v) is 12.8. The lowest BCUT2D eigenvalue weighted by atomic mass is 10.2. The minimum absolute atomic E-state index is 0.282. The van der Waals surface area contributed by atoms with Crippen molar-refractivity contribution in [2.75, 3.05) is 7.11 Å². The van der Waals surface area contributed by atoms with E-state index in [9.17, 15) is 4.79 Å². The van der Waals surface area contributed by atoms with E-state index in [1.165, 1.54) is 12.7 Å². The van der Waals surface area contributed by atoms with Crippen LogP contribution in [0.25, 0.3) is 0 Å². The predicted molar refractivity (Wildman–Crippen MR) is 69.1 cm³/mol. The summed E-state index contributed by atoms with van der Waals surface area (Å²) in [6.45, 7) is 2.08. The van der Waals surface area contributed by atoms with Gasteiger partial charge in [0.05, 0.1) is 12.7 Å². The Morgan fingerprint density at radius 3 is 2.17 bits per heavy atom. The van der Waals surface area contributed by atoms with Crippen LogP contribution in [0.1, 0.15) is 15.9 Å². The van der Waals surface area contributed by atoms with Crippen LogP contribution in [0.15, 0.2) is 54.6 Å². The minimum Gasteiger partial charge on any atom is -0.465 e. The second kappa shape index (κ2) is 7.87. The highest BCUT2D eigenvalue weighted by Gasteiger charge is 2.06. The molecule has 0 N–H and O–H groups in total. The van der Waals surface area contributed by atoms with Crippen molar-refractivity contribution < 1.29 is 32.1 Å². The third-order valence-corrected chi connectivity index (χ3v) is 2.92. The van der Waals surface area contributed by atoms with E-state index in [2.05, 4.69) is 23.8 Å². The third kappa shape index (κ3) is 5.31. The molecule has 2 aromatic rings. The van der Waals surface area contributed by atoms with Crippen molar-refractivity contribution in [1.29, 1.82) is 0 Å². The largest absolute Gasteiger partial charge is 0.465 e. The van der Waals surface area contributed by atoms with E-state index < -0.39 is 0 Å². The molecule has 0 aliphatic heterocycles. The fourth-order valence-corrected chi connectivity index (χ4v) is 1.86. The van der Waals surface area contributed by atoms with Gasteiger partial charge >= 0.3 is 5.97 Å². The van der Waals surface area contributed by atoms with Gasteiger partial charge in [-0.05, 0) is 19.1 Å². The number of hydrogen-bond donors (Lipinski definition) is 0. The topological polar surface area (TPSA) is 26.3 Å². The Morgan fingerprint density at radius 2 is 1.72 bits per heavy atom. The first-order chi connectivity index (χ1) is 8.63. The molecule has 0 bridgehead atoms. The molecule has 0 unspecified atom stereocenters. The molecule has 0 saturated carbocycles. The summed E-state index contributed by atoms with van der Waals surface area (Å²) in [4.78, 5) is 10.9. The molecule has 0 heterocycles. The smallest absolute Gasteiger partial charge is 0.338 e. The first-order valence-corrected chi connectivity index (χ1v) is 6.67. The molecule has 3 heteroatoms. The summed E-state index contributed by atoms with van der Waals surface area (Å²) < 4.78 is 5.63. The Bertz CT molecular complexity index is 495. The van der Waals surface area contributed by atoms with Crippen LogP contribution in [0.5, 0.6) is 0 Å². The zero-order chi connectivity index (χ0) is 13.4. The summed E-state index contributed by atoms with van der Waals surface area (Å²) in [7, 11) is 1.38. The van der Waals surface area contributed by atoms with E-state index >= 15 is 0 Å². The highest BCUT2D eigenvalue weighted by atomic mass is 127. The number of halogens is 1. The van der Waals surface area contributed by atoms with Crippen molar-refractivity contribution in [1.82, 2.24) is 0 Å². The second-order valence-corrected chi connectivity index (χ2v) is 5.02. The molecule has 2 aromatic carbocycles. The van der Waals surface area contributed by atoms with Gasteiger partial charge in [0.25, 0.3) is 22.6 Å². The summed E-state index contributed by atoms with van der Waals surface area (Å²) in [5.41, 5.74) is 1.93. The number of aryl methyl sites for hydroxylation is 1. The van der Waals surface area contributed by atoms with E-state index in [1.807, 2.05) is 52.9 Å². The SMILES string of the molecule is COC(=O)c1cccc([IH+])c1.Cc1ccccc1. The Labute approximate surface area is 121 Å². The molecule has 0 radical (unpaired) electrons. The van der Waals surface area contributed by atoms with E-state index in [0.717, 1.165) is 3.57 Å². The summed E-state index contributed by atoms with van der Waals surface area (Å²) >= 11 is 1.87. The molecule has 2 nitrogen and oxygen atoms in total. The quantitative estimate of drug-likeness (QED) is 0.529. The Morgan fingerprint density at radius 1 is 1.06 bits per heavy atom. The van der Waals surface area contributed by atoms with Crippen molar-refractivity contribution in [2.24, 2.45) is 0 Å². The number of carbonyl (C=O) groups is 1. The van der Waals surface area contributed by atoms with Gasteiger partial charge in [0, 0.05) is 6.07 Å². The van der Waals surface area contributed by atoms with Crippen LogP contribution < -0.4 is 22.6 Å². The van der Waals surface area contributed by atoms with Crippen LogP contribution in [0, 0.1) is 10.5 Å². The number of esters is 1. The van der Waals surface area contributed by atoms with Gasteiger partial charge in [-0.1, -0.05) is 42.0 Å². The van der Waals surface area contributed by atoms with Crippen LogP contribution in [0.3, 0.4) is 0 Å². The molecule has 2 rings (SSSR count). The van der Waals surface area contributed by atoms with Gasteiger partial charge in [-0.2, -0.15) is 0 Å². The van der Waals surface area contributed by atoms with Crippen LogP contribution in [0.4, 0.5) is 0 Å². The Balaban J connectivity index is 0.000000199. The van der Waals surface area contributed by atoms with Crippen LogP contribution in [0.2, 0.25) is 0 Å². The van der Waals surface area contributed by atoms with E-state index in [1.54, 1.807) is 12.1 Å².